The zero-order valence-electron chi connectivity index (χ0n) is 49.8. The molecule has 1 nitrogen and oxygen atoms in total. The Morgan fingerprint density at radius 2 is 1.10 bits per heavy atom. The minimum Gasteiger partial charge on any atom is -0.330 e. The van der Waals surface area contributed by atoms with Crippen molar-refractivity contribution in [2.75, 3.05) is 6.54 Å². The lowest BCUT2D eigenvalue weighted by molar-refractivity contribution is 0.410. The van der Waals surface area contributed by atoms with Crippen molar-refractivity contribution in [2.24, 2.45) is 11.6 Å². The monoisotopic (exact) mass is 337 g/mol. The van der Waals surface area contributed by atoms with Crippen molar-refractivity contribution in [2.45, 2.75) is 116 Å². The topological polar surface area (TPSA) is 26.0 Å². The number of hydrogen-bond donors (Lipinski definition) is 1. The Labute approximate surface area is 190 Å². The molecule has 0 aliphatic carbocycles. The number of nitrogens with two attached hydrogens (primary N) is 1. The minimum atomic E-state index is -5.21. The lowest BCUT2D eigenvalue weighted by Gasteiger charge is -2.14. The molecule has 1 unspecified atom stereocenters. The molecule has 0 fully saturated rings. The summed E-state index contributed by atoms with van der Waals surface area (Å²) in [6, 6.07) is 0. The van der Waals surface area contributed by atoms with Crippen molar-refractivity contribution in [1.82, 2.24) is 0 Å². The van der Waals surface area contributed by atoms with Gasteiger partial charge in [0.05, 0.1) is 0 Å². The quantitative estimate of drug-likeness (QED) is 0.309. The van der Waals surface area contributed by atoms with E-state index in [9.17, 15) is 0 Å². The van der Waals surface area contributed by atoms with E-state index in [1.54, 1.807) is 0 Å². The molecule has 0 heterocycles. The van der Waals surface area contributed by atoms with E-state index in [2.05, 4.69) is 0 Å². The average molecular weight is 337 g/mol. The Hall–Kier alpha value is -0.0400. The van der Waals surface area contributed by atoms with E-state index in [1.807, 2.05) is 0 Å². The molecule has 0 aromatic rings. The zero-order valence-corrected chi connectivity index (χ0v) is 10.8. The summed E-state index contributed by atoms with van der Waals surface area (Å²) in [6.45, 7) is -10.5. The molecule has 1 atom stereocenters. The maximum atomic E-state index is 8.69. The molecule has 0 saturated heterocycles. The van der Waals surface area contributed by atoms with Crippen LogP contribution in [0.25, 0.3) is 0 Å². The Morgan fingerprint density at radius 3 is 1.48 bits per heavy atom. The third kappa shape index (κ3) is 16.2. The summed E-state index contributed by atoms with van der Waals surface area (Å²) in [7, 11) is 0. The third-order valence-corrected chi connectivity index (χ3v) is 1.38. The molecule has 0 aliphatic rings. The van der Waals surface area contributed by atoms with Gasteiger partial charge in [0.1, 0.15) is 0 Å². The van der Waals surface area contributed by atoms with Gasteiger partial charge < -0.3 is 5.73 Å². The molecule has 1 heteroatoms. The van der Waals surface area contributed by atoms with Crippen LogP contribution in [-0.2, 0) is 0 Å². The summed E-state index contributed by atoms with van der Waals surface area (Å²) in [5.41, 5.74) is 5.39. The molecule has 0 radical (unpaired) electrons. The van der Waals surface area contributed by atoms with Crippen LogP contribution in [0.5, 0.6) is 0 Å². The second kappa shape index (κ2) is 18.0. The second-order valence-electron chi connectivity index (χ2n) is 2.68. The lowest BCUT2D eigenvalue weighted by Crippen LogP contribution is -2.14. The number of hydrogen-bond acceptors (Lipinski definition) is 1. The Bertz CT molecular complexity index is 1550. The zero-order chi connectivity index (χ0) is 50.2. The van der Waals surface area contributed by atoms with Gasteiger partial charge in [-0.05, 0) is 25.2 Å². The van der Waals surface area contributed by atoms with Gasteiger partial charge in [-0.3, -0.25) is 0 Å². The normalized spacial score (nSPS) is 53.9. The van der Waals surface area contributed by atoms with Crippen molar-refractivity contribution in [1.29, 1.82) is 0 Å². The van der Waals surface area contributed by atoms with Crippen molar-refractivity contribution < 1.29 is 53.5 Å². The Balaban J connectivity index is 8.08. The second-order valence-corrected chi connectivity index (χ2v) is 2.68. The molecule has 0 aliphatic heterocycles. The largest absolute Gasteiger partial charge is 0.330 e. The van der Waals surface area contributed by atoms with Gasteiger partial charge in [0, 0.05) is 53.5 Å². The first-order chi connectivity index (χ1) is 25.1. The van der Waals surface area contributed by atoms with E-state index in [0.29, 0.717) is 0 Å². The van der Waals surface area contributed by atoms with Gasteiger partial charge in [0.15, 0.2) is 0 Å². The molecule has 21 heavy (non-hydrogen) atoms. The lowest BCUT2D eigenvalue weighted by atomic mass is 9.94. The fraction of sp³-hybridized carbons (Fsp3) is 1.00. The summed E-state index contributed by atoms with van der Waals surface area (Å²) in [6.07, 6.45) is -79.3. The van der Waals surface area contributed by atoms with Gasteiger partial charge in [-0.2, -0.15) is 0 Å². The van der Waals surface area contributed by atoms with Crippen LogP contribution in [0.15, 0.2) is 0 Å². The van der Waals surface area contributed by atoms with Gasteiger partial charge >= 0.3 is 0 Å². The summed E-state index contributed by atoms with van der Waals surface area (Å²) in [5, 5.41) is 0. The molecule has 2 N–H and O–H groups in total. The van der Waals surface area contributed by atoms with Crippen LogP contribution in [0.2, 0.25) is 0 Å². The SMILES string of the molecule is [2H]C([2H])([2H])C([2H])([2H])C([2H])([2H])C([2H])([2H])C([2H])([2H])C([2H])([2H])C([2H])([2H])C([2H])([2H])C([2H])([2H])C([2H])([2H])C([2H])(CN)C([2H])([2H])C([2H])([2H])C([2H])([2H])C([2H])([2H])C([2H])([2H])C([2H])([2H])C([2H])([2H])C([2H])([2H])[2H]. The van der Waals surface area contributed by atoms with Crippen LogP contribution >= 0.6 is 0 Å². The number of rotatable bonds is 17. The fourth-order valence-corrected chi connectivity index (χ4v) is 0.659. The van der Waals surface area contributed by atoms with Crippen LogP contribution in [-0.4, -0.2) is 6.54 Å². The molecule has 0 bridgehead atoms. The summed E-state index contributed by atoms with van der Waals surface area (Å²) in [5.74, 6) is -4.73. The van der Waals surface area contributed by atoms with Crippen LogP contribution in [0, 0.1) is 5.89 Å². The molecule has 0 amide bonds. The van der Waals surface area contributed by atoms with Gasteiger partial charge in [0.2, 0.25) is 0 Å². The van der Waals surface area contributed by atoms with Crippen LogP contribution < -0.4 is 5.73 Å². The molecule has 128 valence electrons. The Morgan fingerprint density at radius 1 is 0.714 bits per heavy atom. The van der Waals surface area contributed by atoms with Crippen LogP contribution in [0.4, 0.5) is 0 Å². The molecular formula is C20H43N. The first-order valence-electron chi connectivity index (χ1n) is 24.8. The van der Waals surface area contributed by atoms with Crippen LogP contribution in [0.3, 0.4) is 0 Å². The maximum Gasteiger partial charge on any atom is 0.0316 e. The molecule has 0 aromatic heterocycles. The highest BCUT2D eigenvalue weighted by Crippen LogP contribution is 2.18. The van der Waals surface area contributed by atoms with E-state index in [-0.39, 0.29) is 0 Å². The van der Waals surface area contributed by atoms with E-state index in [1.165, 1.54) is 0 Å². The first-order valence-corrected chi connectivity index (χ1v) is 5.26. The highest BCUT2D eigenvalue weighted by Gasteiger charge is 2.06. The van der Waals surface area contributed by atoms with E-state index in [4.69, 9.17) is 59.2 Å². The van der Waals surface area contributed by atoms with Gasteiger partial charge in [0.25, 0.3) is 0 Å². The van der Waals surface area contributed by atoms with Crippen molar-refractivity contribution >= 4 is 0 Å². The van der Waals surface area contributed by atoms with Crippen molar-refractivity contribution in [3.8, 4) is 0 Å². The summed E-state index contributed by atoms with van der Waals surface area (Å²) >= 11 is 0. The smallest absolute Gasteiger partial charge is 0.0316 e. The van der Waals surface area contributed by atoms with Crippen molar-refractivity contribution in [3.63, 3.8) is 0 Å². The predicted octanol–water partition coefficient (Wildman–Crippen LogP) is 6.84. The highest BCUT2D eigenvalue weighted by molar-refractivity contribution is 4.61. The standard InChI is InChI=1S/C20H43N/c1-3-5-7-9-11-12-14-16-18-20(19-21)17-15-13-10-8-6-4-2/h20H,3-19,21H2,1-2H3/i1D3,2D3,3D2,4D2,5D2,6D2,7D2,8D2,9D2,10D2,11D2,12D2,13D2,14D2,15D2,16D2,17D2,18D2,20D. The summed E-state index contributed by atoms with van der Waals surface area (Å²) in [4.78, 5) is 0. The average Bonchev–Trinajstić information content (AvgIpc) is 3.01. The Kier molecular flexibility index (Phi) is 2.06. The predicted molar refractivity (Wildman–Crippen MR) is 97.8 cm³/mol. The molecule has 0 saturated carbocycles. The van der Waals surface area contributed by atoms with Gasteiger partial charge in [-0.25, -0.2) is 0 Å². The van der Waals surface area contributed by atoms with E-state index >= 15 is 0 Å². The fourth-order valence-electron chi connectivity index (χ4n) is 0.659. The third-order valence-electron chi connectivity index (χ3n) is 1.38. The molecule has 0 aromatic carbocycles. The maximum absolute atomic E-state index is 8.69. The van der Waals surface area contributed by atoms with Gasteiger partial charge in [-0.15, -0.1) is 0 Å². The van der Waals surface area contributed by atoms with Gasteiger partial charge in [-0.1, -0.05) is 103 Å². The molecule has 0 spiro atoms. The van der Waals surface area contributed by atoms with Crippen LogP contribution in [0.1, 0.15) is 169 Å². The van der Waals surface area contributed by atoms with Crippen molar-refractivity contribution in [3.05, 3.63) is 0 Å². The van der Waals surface area contributed by atoms with E-state index in [0.717, 1.165) is 0 Å². The first kappa shape index (κ1) is 2.40. The molecular weight excluding hydrogens is 254 g/mol. The summed E-state index contributed by atoms with van der Waals surface area (Å²) < 4.78 is 313. The van der Waals surface area contributed by atoms with E-state index < -0.39 is 128 Å². The molecule has 0 rings (SSSR count). The highest BCUT2D eigenvalue weighted by atomic mass is 14.5. The minimum absolute atomic E-state index is 2.19.